The zero-order valence-corrected chi connectivity index (χ0v) is 8.16. The first-order chi connectivity index (χ1) is 5.09. The Labute approximate surface area is 72.2 Å². The molecule has 2 N–H and O–H groups in total. The molecule has 62 valence electrons. The molecule has 0 bridgehead atoms. The topological polar surface area (TPSA) is 26.0 Å². The molecule has 0 aliphatic heterocycles. The molecule has 1 heterocycles. The lowest BCUT2D eigenvalue weighted by Gasteiger charge is -2.01. The second kappa shape index (κ2) is 3.26. The Hall–Kier alpha value is -0.500. The molecule has 2 heteroatoms. The van der Waals surface area contributed by atoms with E-state index in [2.05, 4.69) is 26.8 Å². The molecular formula is C9H15NS. The van der Waals surface area contributed by atoms with Gasteiger partial charge in [0.1, 0.15) is 0 Å². The highest BCUT2D eigenvalue weighted by atomic mass is 32.1. The summed E-state index contributed by atoms with van der Waals surface area (Å²) in [6.07, 6.45) is 1.16. The summed E-state index contributed by atoms with van der Waals surface area (Å²) in [4.78, 5) is 1.44. The van der Waals surface area contributed by atoms with Gasteiger partial charge in [-0.25, -0.2) is 0 Å². The van der Waals surface area contributed by atoms with Crippen LogP contribution in [0.4, 0.5) is 5.00 Å². The maximum Gasteiger partial charge on any atom is 0.0861 e. The van der Waals surface area contributed by atoms with Gasteiger partial charge in [0.2, 0.25) is 0 Å². The number of hydrogen-bond acceptors (Lipinski definition) is 2. The van der Waals surface area contributed by atoms with Crippen LogP contribution in [0, 0.1) is 12.8 Å². The number of nitrogens with two attached hydrogens (primary N) is 1. The summed E-state index contributed by atoms with van der Waals surface area (Å²) in [5.74, 6) is 0.728. The fourth-order valence-electron chi connectivity index (χ4n) is 1.12. The predicted molar refractivity (Wildman–Crippen MR) is 52.0 cm³/mol. The molecule has 1 rings (SSSR count). The molecule has 1 nitrogen and oxygen atoms in total. The van der Waals surface area contributed by atoms with Crippen molar-refractivity contribution in [2.75, 3.05) is 5.73 Å². The van der Waals surface area contributed by atoms with Gasteiger partial charge in [0, 0.05) is 4.88 Å². The quantitative estimate of drug-likeness (QED) is 0.724. The fourth-order valence-corrected chi connectivity index (χ4v) is 2.28. The van der Waals surface area contributed by atoms with Gasteiger partial charge in [-0.1, -0.05) is 13.8 Å². The van der Waals surface area contributed by atoms with Crippen molar-refractivity contribution in [2.45, 2.75) is 27.2 Å². The zero-order valence-electron chi connectivity index (χ0n) is 7.35. The summed E-state index contributed by atoms with van der Waals surface area (Å²) >= 11 is 1.72. The predicted octanol–water partition coefficient (Wildman–Crippen LogP) is 2.84. The normalized spacial score (nSPS) is 10.9. The van der Waals surface area contributed by atoms with E-state index >= 15 is 0 Å². The maximum absolute atomic E-state index is 5.67. The van der Waals surface area contributed by atoms with E-state index in [1.54, 1.807) is 11.3 Å². The Morgan fingerprint density at radius 2 is 2.18 bits per heavy atom. The van der Waals surface area contributed by atoms with Crippen molar-refractivity contribution in [3.63, 3.8) is 0 Å². The summed E-state index contributed by atoms with van der Waals surface area (Å²) in [6, 6.07) is 2.06. The van der Waals surface area contributed by atoms with Crippen molar-refractivity contribution >= 4 is 16.3 Å². The average Bonchev–Trinajstić information content (AvgIpc) is 2.09. The first-order valence-electron chi connectivity index (χ1n) is 3.94. The van der Waals surface area contributed by atoms with E-state index < -0.39 is 0 Å². The van der Waals surface area contributed by atoms with E-state index in [-0.39, 0.29) is 0 Å². The van der Waals surface area contributed by atoms with Crippen LogP contribution in [0.25, 0.3) is 0 Å². The minimum absolute atomic E-state index is 0.728. The molecule has 0 saturated heterocycles. The van der Waals surface area contributed by atoms with Crippen molar-refractivity contribution in [1.82, 2.24) is 0 Å². The SMILES string of the molecule is Cc1cc(N)sc1CC(C)C. The maximum atomic E-state index is 5.67. The van der Waals surface area contributed by atoms with Gasteiger partial charge in [0.15, 0.2) is 0 Å². The van der Waals surface area contributed by atoms with Gasteiger partial charge in [0.25, 0.3) is 0 Å². The van der Waals surface area contributed by atoms with Crippen LogP contribution < -0.4 is 5.73 Å². The molecule has 0 unspecified atom stereocenters. The highest BCUT2D eigenvalue weighted by Gasteiger charge is 2.04. The molecule has 1 aromatic heterocycles. The Bertz CT molecular complexity index is 238. The lowest BCUT2D eigenvalue weighted by Crippen LogP contribution is -1.91. The molecule has 0 aliphatic rings. The molecule has 11 heavy (non-hydrogen) atoms. The average molecular weight is 169 g/mol. The summed E-state index contributed by atoms with van der Waals surface area (Å²) < 4.78 is 0. The monoisotopic (exact) mass is 169 g/mol. The van der Waals surface area contributed by atoms with Crippen LogP contribution in [-0.2, 0) is 6.42 Å². The number of thiophene rings is 1. The highest BCUT2D eigenvalue weighted by Crippen LogP contribution is 2.25. The fraction of sp³-hybridized carbons (Fsp3) is 0.556. The summed E-state index contributed by atoms with van der Waals surface area (Å²) in [7, 11) is 0. The van der Waals surface area contributed by atoms with Gasteiger partial charge in [-0.3, -0.25) is 0 Å². The van der Waals surface area contributed by atoms with Crippen LogP contribution in [0.5, 0.6) is 0 Å². The molecule has 0 aromatic carbocycles. The molecule has 0 saturated carbocycles. The van der Waals surface area contributed by atoms with Gasteiger partial charge < -0.3 is 5.73 Å². The van der Waals surface area contributed by atoms with E-state index in [0.29, 0.717) is 0 Å². The first kappa shape index (κ1) is 8.60. The summed E-state index contributed by atoms with van der Waals surface area (Å²) in [5.41, 5.74) is 7.02. The van der Waals surface area contributed by atoms with Crippen LogP contribution in [0.1, 0.15) is 24.3 Å². The molecule has 0 atom stereocenters. The van der Waals surface area contributed by atoms with Crippen LogP contribution in [0.2, 0.25) is 0 Å². The van der Waals surface area contributed by atoms with E-state index in [1.807, 2.05) is 0 Å². The second-order valence-corrected chi connectivity index (χ2v) is 4.52. The number of anilines is 1. The Morgan fingerprint density at radius 1 is 1.55 bits per heavy atom. The minimum Gasteiger partial charge on any atom is -0.391 e. The molecule has 0 amide bonds. The Morgan fingerprint density at radius 3 is 2.55 bits per heavy atom. The van der Waals surface area contributed by atoms with E-state index in [9.17, 15) is 0 Å². The summed E-state index contributed by atoms with van der Waals surface area (Å²) in [5, 5.41) is 0.943. The molecule has 0 radical (unpaired) electrons. The van der Waals surface area contributed by atoms with Crippen LogP contribution in [0.15, 0.2) is 6.07 Å². The number of aryl methyl sites for hydroxylation is 1. The molecule has 0 aliphatic carbocycles. The third-order valence-corrected chi connectivity index (χ3v) is 2.72. The largest absolute Gasteiger partial charge is 0.391 e. The molecular weight excluding hydrogens is 154 g/mol. The van der Waals surface area contributed by atoms with Crippen molar-refractivity contribution in [1.29, 1.82) is 0 Å². The lowest BCUT2D eigenvalue weighted by molar-refractivity contribution is 0.652. The number of hydrogen-bond donors (Lipinski definition) is 1. The zero-order chi connectivity index (χ0) is 8.43. The minimum atomic E-state index is 0.728. The second-order valence-electron chi connectivity index (χ2n) is 3.35. The highest BCUT2D eigenvalue weighted by molar-refractivity contribution is 7.16. The van der Waals surface area contributed by atoms with Crippen molar-refractivity contribution in [3.05, 3.63) is 16.5 Å². The third-order valence-electron chi connectivity index (χ3n) is 1.63. The standard InChI is InChI=1S/C9H15NS/c1-6(2)4-8-7(3)5-9(10)11-8/h5-6H,4,10H2,1-3H3. The van der Waals surface area contributed by atoms with Crippen molar-refractivity contribution < 1.29 is 0 Å². The first-order valence-corrected chi connectivity index (χ1v) is 4.76. The third kappa shape index (κ3) is 2.22. The van der Waals surface area contributed by atoms with E-state index in [4.69, 9.17) is 5.73 Å². The van der Waals surface area contributed by atoms with E-state index in [1.165, 1.54) is 10.4 Å². The smallest absolute Gasteiger partial charge is 0.0861 e. The van der Waals surface area contributed by atoms with Crippen molar-refractivity contribution in [2.24, 2.45) is 5.92 Å². The molecule has 0 fully saturated rings. The Balaban J connectivity index is 2.77. The molecule has 1 aromatic rings. The van der Waals surface area contributed by atoms with Crippen LogP contribution in [-0.4, -0.2) is 0 Å². The van der Waals surface area contributed by atoms with Gasteiger partial charge in [-0.2, -0.15) is 0 Å². The Kier molecular flexibility index (Phi) is 2.55. The molecule has 0 spiro atoms. The van der Waals surface area contributed by atoms with Crippen LogP contribution in [0.3, 0.4) is 0 Å². The van der Waals surface area contributed by atoms with Crippen LogP contribution >= 0.6 is 11.3 Å². The number of rotatable bonds is 2. The van der Waals surface area contributed by atoms with Gasteiger partial charge in [0.05, 0.1) is 5.00 Å². The van der Waals surface area contributed by atoms with Gasteiger partial charge >= 0.3 is 0 Å². The van der Waals surface area contributed by atoms with Gasteiger partial charge in [-0.15, -0.1) is 11.3 Å². The summed E-state index contributed by atoms with van der Waals surface area (Å²) in [6.45, 7) is 6.59. The van der Waals surface area contributed by atoms with Gasteiger partial charge in [-0.05, 0) is 30.9 Å². The van der Waals surface area contributed by atoms with Crippen molar-refractivity contribution in [3.8, 4) is 0 Å². The number of nitrogen functional groups attached to an aromatic ring is 1. The van der Waals surface area contributed by atoms with E-state index in [0.717, 1.165) is 17.3 Å². The lowest BCUT2D eigenvalue weighted by atomic mass is 10.1.